The van der Waals surface area contributed by atoms with E-state index in [9.17, 15) is 9.59 Å². The maximum atomic E-state index is 12.6. The van der Waals surface area contributed by atoms with E-state index in [-0.39, 0.29) is 18.6 Å². The number of para-hydroxylation sites is 1. The third kappa shape index (κ3) is 4.92. The predicted molar refractivity (Wildman–Crippen MR) is 114 cm³/mol. The van der Waals surface area contributed by atoms with Gasteiger partial charge in [0.2, 0.25) is 0 Å². The van der Waals surface area contributed by atoms with Gasteiger partial charge in [-0.15, -0.1) is 0 Å². The van der Waals surface area contributed by atoms with Crippen LogP contribution in [0.4, 0.5) is 0 Å². The van der Waals surface area contributed by atoms with Crippen LogP contribution in [-0.2, 0) is 9.53 Å². The van der Waals surface area contributed by atoms with E-state index in [1.807, 2.05) is 61.5 Å². The molecule has 0 aliphatic heterocycles. The minimum Gasteiger partial charge on any atom is -0.452 e. The van der Waals surface area contributed by atoms with Crippen molar-refractivity contribution in [3.8, 4) is 5.69 Å². The molecule has 0 saturated heterocycles. The van der Waals surface area contributed by atoms with E-state index in [1.54, 1.807) is 18.5 Å². The van der Waals surface area contributed by atoms with Gasteiger partial charge < -0.3 is 10.1 Å². The van der Waals surface area contributed by atoms with Crippen molar-refractivity contribution < 1.29 is 14.3 Å². The van der Waals surface area contributed by atoms with Gasteiger partial charge in [0.15, 0.2) is 6.61 Å². The van der Waals surface area contributed by atoms with Crippen LogP contribution in [0.3, 0.4) is 0 Å². The number of aryl methyl sites for hydroxylation is 1. The molecule has 150 valence electrons. The van der Waals surface area contributed by atoms with Crippen LogP contribution in [0.1, 0.15) is 40.3 Å². The highest BCUT2D eigenvalue weighted by Crippen LogP contribution is 2.19. The van der Waals surface area contributed by atoms with Gasteiger partial charge in [0.1, 0.15) is 5.56 Å². The Kier molecular flexibility index (Phi) is 6.49. The van der Waals surface area contributed by atoms with E-state index in [1.165, 1.54) is 0 Å². The summed E-state index contributed by atoms with van der Waals surface area (Å²) in [5.74, 6) is -0.923. The summed E-state index contributed by atoms with van der Waals surface area (Å²) in [5, 5.41) is 7.27. The average Bonchev–Trinajstić information content (AvgIpc) is 3.01. The lowest BCUT2D eigenvalue weighted by molar-refractivity contribution is -0.124. The summed E-state index contributed by atoms with van der Waals surface area (Å²) in [7, 11) is 0. The summed E-state index contributed by atoms with van der Waals surface area (Å²) in [6.45, 7) is 5.08. The molecule has 0 bridgehead atoms. The molecule has 0 saturated carbocycles. The van der Waals surface area contributed by atoms with Crippen molar-refractivity contribution in [3.05, 3.63) is 81.6 Å². The molecule has 29 heavy (non-hydrogen) atoms. The Morgan fingerprint density at radius 2 is 1.76 bits per heavy atom. The SMILES string of the molecule is Cc1nn(-c2ccccc2)c(C)c1C(=O)OCC(=O)NC(C)c1ccc(Br)cc1. The Morgan fingerprint density at radius 1 is 1.10 bits per heavy atom. The number of halogens is 1. The molecule has 1 heterocycles. The van der Waals surface area contributed by atoms with E-state index >= 15 is 0 Å². The largest absolute Gasteiger partial charge is 0.452 e. The van der Waals surface area contributed by atoms with Crippen LogP contribution < -0.4 is 5.32 Å². The minimum atomic E-state index is -0.561. The molecule has 1 N–H and O–H groups in total. The highest BCUT2D eigenvalue weighted by atomic mass is 79.9. The third-order valence-corrected chi connectivity index (χ3v) is 5.11. The number of aromatic nitrogens is 2. The molecule has 0 spiro atoms. The Bertz CT molecular complexity index is 1010. The van der Waals surface area contributed by atoms with Crippen LogP contribution >= 0.6 is 15.9 Å². The first kappa shape index (κ1) is 20.8. The molecule has 3 aromatic rings. The topological polar surface area (TPSA) is 73.2 Å². The molecular weight excluding hydrogens is 434 g/mol. The van der Waals surface area contributed by atoms with Crippen LogP contribution in [0.5, 0.6) is 0 Å². The van der Waals surface area contributed by atoms with E-state index < -0.39 is 5.97 Å². The van der Waals surface area contributed by atoms with Gasteiger partial charge in [-0.2, -0.15) is 5.10 Å². The number of hydrogen-bond acceptors (Lipinski definition) is 4. The quantitative estimate of drug-likeness (QED) is 0.562. The van der Waals surface area contributed by atoms with Crippen molar-refractivity contribution in [3.63, 3.8) is 0 Å². The van der Waals surface area contributed by atoms with Crippen LogP contribution in [0.2, 0.25) is 0 Å². The number of esters is 1. The Hall–Kier alpha value is -2.93. The first-order chi connectivity index (χ1) is 13.9. The van der Waals surface area contributed by atoms with Gasteiger partial charge in [-0.3, -0.25) is 4.79 Å². The number of amides is 1. The van der Waals surface area contributed by atoms with Crippen molar-refractivity contribution in [2.45, 2.75) is 26.8 Å². The van der Waals surface area contributed by atoms with Gasteiger partial charge in [-0.1, -0.05) is 46.3 Å². The lowest BCUT2D eigenvalue weighted by atomic mass is 10.1. The zero-order valence-electron chi connectivity index (χ0n) is 16.5. The summed E-state index contributed by atoms with van der Waals surface area (Å²) in [6.07, 6.45) is 0. The summed E-state index contributed by atoms with van der Waals surface area (Å²) >= 11 is 3.38. The normalized spacial score (nSPS) is 11.7. The molecule has 0 fully saturated rings. The number of rotatable bonds is 6. The Morgan fingerprint density at radius 3 is 2.41 bits per heavy atom. The molecule has 7 heteroatoms. The number of hydrogen-bond donors (Lipinski definition) is 1. The summed E-state index contributed by atoms with van der Waals surface area (Å²) < 4.78 is 7.91. The van der Waals surface area contributed by atoms with Gasteiger partial charge in [0, 0.05) is 4.47 Å². The van der Waals surface area contributed by atoms with Crippen LogP contribution in [0.15, 0.2) is 59.1 Å². The highest BCUT2D eigenvalue weighted by molar-refractivity contribution is 9.10. The molecule has 1 atom stereocenters. The number of carbonyl (C=O) groups is 2. The van der Waals surface area contributed by atoms with Crippen molar-refractivity contribution in [1.29, 1.82) is 0 Å². The number of nitrogens with one attached hydrogen (secondary N) is 1. The third-order valence-electron chi connectivity index (χ3n) is 4.58. The zero-order valence-corrected chi connectivity index (χ0v) is 18.1. The first-order valence-corrected chi connectivity index (χ1v) is 9.99. The molecule has 0 aliphatic rings. The summed E-state index contributed by atoms with van der Waals surface area (Å²) in [5.41, 5.74) is 3.42. The Balaban J connectivity index is 1.63. The fraction of sp³-hybridized carbons (Fsp3) is 0.227. The number of nitrogens with zero attached hydrogens (tertiary/aromatic N) is 2. The van der Waals surface area contributed by atoms with E-state index in [2.05, 4.69) is 26.3 Å². The maximum Gasteiger partial charge on any atom is 0.342 e. The maximum absolute atomic E-state index is 12.6. The molecule has 0 radical (unpaired) electrons. The average molecular weight is 456 g/mol. The lowest BCUT2D eigenvalue weighted by Crippen LogP contribution is -2.31. The number of ether oxygens (including phenoxy) is 1. The van der Waals surface area contributed by atoms with Crippen molar-refractivity contribution in [2.75, 3.05) is 6.61 Å². The second-order valence-corrected chi connectivity index (χ2v) is 7.63. The van der Waals surface area contributed by atoms with Crippen LogP contribution in [-0.4, -0.2) is 28.3 Å². The van der Waals surface area contributed by atoms with Crippen molar-refractivity contribution in [1.82, 2.24) is 15.1 Å². The summed E-state index contributed by atoms with van der Waals surface area (Å²) in [6, 6.07) is 17.0. The fourth-order valence-electron chi connectivity index (χ4n) is 3.08. The molecule has 2 aromatic carbocycles. The van der Waals surface area contributed by atoms with Crippen LogP contribution in [0, 0.1) is 13.8 Å². The van der Waals surface area contributed by atoms with Gasteiger partial charge in [0.05, 0.1) is 23.1 Å². The second kappa shape index (κ2) is 9.05. The predicted octanol–water partition coefficient (Wildman–Crippen LogP) is 4.29. The molecule has 1 aromatic heterocycles. The van der Waals surface area contributed by atoms with E-state index in [0.717, 1.165) is 15.7 Å². The van der Waals surface area contributed by atoms with Gasteiger partial charge in [-0.25, -0.2) is 9.48 Å². The van der Waals surface area contributed by atoms with Crippen molar-refractivity contribution >= 4 is 27.8 Å². The lowest BCUT2D eigenvalue weighted by Gasteiger charge is -2.14. The number of carbonyl (C=O) groups excluding carboxylic acids is 2. The standard InChI is InChI=1S/C22H22BrN3O3/c1-14(17-9-11-18(23)12-10-17)24-20(27)13-29-22(28)21-15(2)25-26(16(21)3)19-7-5-4-6-8-19/h4-12,14H,13H2,1-3H3,(H,24,27). The number of benzene rings is 2. The second-order valence-electron chi connectivity index (χ2n) is 6.71. The Labute approximate surface area is 178 Å². The van der Waals surface area contributed by atoms with Crippen LogP contribution in [0.25, 0.3) is 5.69 Å². The van der Waals surface area contributed by atoms with E-state index in [0.29, 0.717) is 17.0 Å². The van der Waals surface area contributed by atoms with Gasteiger partial charge >= 0.3 is 5.97 Å². The molecule has 6 nitrogen and oxygen atoms in total. The fourth-order valence-corrected chi connectivity index (χ4v) is 3.34. The van der Waals surface area contributed by atoms with Gasteiger partial charge in [0.25, 0.3) is 5.91 Å². The molecular formula is C22H22BrN3O3. The van der Waals surface area contributed by atoms with Gasteiger partial charge in [-0.05, 0) is 50.6 Å². The van der Waals surface area contributed by atoms with E-state index in [4.69, 9.17) is 4.74 Å². The molecule has 0 aliphatic carbocycles. The first-order valence-electron chi connectivity index (χ1n) is 9.20. The molecule has 3 rings (SSSR count). The monoisotopic (exact) mass is 455 g/mol. The zero-order chi connectivity index (χ0) is 21.0. The highest BCUT2D eigenvalue weighted by Gasteiger charge is 2.22. The molecule has 1 unspecified atom stereocenters. The molecule has 1 amide bonds. The summed E-state index contributed by atoms with van der Waals surface area (Å²) in [4.78, 5) is 24.8. The smallest absolute Gasteiger partial charge is 0.342 e. The van der Waals surface area contributed by atoms with Crippen molar-refractivity contribution in [2.24, 2.45) is 0 Å². The minimum absolute atomic E-state index is 0.196.